The van der Waals surface area contributed by atoms with Crippen LogP contribution in [0.1, 0.15) is 35.4 Å². The van der Waals surface area contributed by atoms with E-state index >= 15 is 0 Å². The van der Waals surface area contributed by atoms with E-state index in [1.807, 2.05) is 66.7 Å². The van der Waals surface area contributed by atoms with Gasteiger partial charge in [0.1, 0.15) is 5.75 Å². The van der Waals surface area contributed by atoms with Crippen LogP contribution in [0.25, 0.3) is 0 Å². The Morgan fingerprint density at radius 2 is 1.52 bits per heavy atom. The molecule has 0 fully saturated rings. The number of ether oxygens (including phenoxy) is 1. The third-order valence-corrected chi connectivity index (χ3v) is 5.54. The largest absolute Gasteiger partial charge is 0.464 e. The van der Waals surface area contributed by atoms with E-state index in [1.165, 1.54) is 0 Å². The van der Waals surface area contributed by atoms with Gasteiger partial charge in [0.25, 0.3) is 0 Å². The summed E-state index contributed by atoms with van der Waals surface area (Å²) < 4.78 is 6.33. The summed E-state index contributed by atoms with van der Waals surface area (Å²) in [5.74, 6) is 0.909. The molecule has 0 saturated heterocycles. The Morgan fingerprint density at radius 1 is 0.852 bits per heavy atom. The first-order chi connectivity index (χ1) is 13.2. The number of hydrogen-bond donors (Lipinski definition) is 0. The lowest BCUT2D eigenvalue weighted by atomic mass is 9.96. The maximum atomic E-state index is 6.33. The van der Waals surface area contributed by atoms with E-state index < -0.39 is 0 Å². The molecule has 0 saturated carbocycles. The molecule has 27 heavy (non-hydrogen) atoms. The normalized spacial score (nSPS) is 20.5. The Morgan fingerprint density at radius 3 is 2.26 bits per heavy atom. The van der Waals surface area contributed by atoms with E-state index in [0.29, 0.717) is 5.02 Å². The molecule has 3 aromatic rings. The van der Waals surface area contributed by atoms with Crippen molar-refractivity contribution in [1.29, 1.82) is 0 Å². The Hall–Kier alpha value is -2.49. The summed E-state index contributed by atoms with van der Waals surface area (Å²) in [6.07, 6.45) is 0.540. The fraction of sp³-hybridized carbons (Fsp3) is 0.136. The van der Waals surface area contributed by atoms with Gasteiger partial charge in [0.05, 0.1) is 11.8 Å². The summed E-state index contributed by atoms with van der Waals surface area (Å²) in [7, 11) is 0. The van der Waals surface area contributed by atoms with E-state index in [1.54, 1.807) is 0 Å². The van der Waals surface area contributed by atoms with Crippen LogP contribution in [0.2, 0.25) is 10.0 Å². The van der Waals surface area contributed by atoms with Crippen LogP contribution in [0.15, 0.2) is 77.9 Å². The van der Waals surface area contributed by atoms with Crippen molar-refractivity contribution in [2.45, 2.75) is 18.7 Å². The van der Waals surface area contributed by atoms with Crippen LogP contribution in [-0.4, -0.2) is 10.7 Å². The second kappa shape index (κ2) is 6.59. The van der Waals surface area contributed by atoms with Gasteiger partial charge >= 0.3 is 0 Å². The van der Waals surface area contributed by atoms with E-state index in [9.17, 15) is 0 Å². The van der Waals surface area contributed by atoms with Gasteiger partial charge in [0.15, 0.2) is 0 Å². The number of hydrazone groups is 1. The zero-order valence-electron chi connectivity index (χ0n) is 14.3. The second-order valence-electron chi connectivity index (χ2n) is 6.71. The smallest absolute Gasteiger partial charge is 0.213 e. The number of para-hydroxylation sites is 1. The van der Waals surface area contributed by atoms with E-state index in [-0.39, 0.29) is 12.3 Å². The van der Waals surface area contributed by atoms with Crippen LogP contribution < -0.4 is 4.74 Å². The van der Waals surface area contributed by atoms with Gasteiger partial charge in [-0.05, 0) is 35.9 Å². The minimum absolute atomic E-state index is 0.140. The average molecular weight is 395 g/mol. The highest BCUT2D eigenvalue weighted by Crippen LogP contribution is 2.47. The molecule has 0 radical (unpaired) electrons. The zero-order valence-corrected chi connectivity index (χ0v) is 15.9. The molecule has 2 atom stereocenters. The first kappa shape index (κ1) is 16.7. The van der Waals surface area contributed by atoms with Crippen molar-refractivity contribution in [2.24, 2.45) is 5.10 Å². The van der Waals surface area contributed by atoms with Gasteiger partial charge in [-0.25, -0.2) is 5.01 Å². The van der Waals surface area contributed by atoms with Gasteiger partial charge < -0.3 is 4.74 Å². The molecule has 0 spiro atoms. The first-order valence-corrected chi connectivity index (χ1v) is 9.57. The van der Waals surface area contributed by atoms with Gasteiger partial charge in [-0.1, -0.05) is 65.7 Å². The number of nitrogens with zero attached hydrogens (tertiary/aromatic N) is 2. The molecule has 2 aliphatic rings. The van der Waals surface area contributed by atoms with Crippen LogP contribution in [0.4, 0.5) is 0 Å². The van der Waals surface area contributed by atoms with E-state index in [4.69, 9.17) is 33.0 Å². The van der Waals surface area contributed by atoms with Crippen LogP contribution in [0.5, 0.6) is 5.75 Å². The zero-order chi connectivity index (χ0) is 18.4. The second-order valence-corrected chi connectivity index (χ2v) is 7.59. The summed E-state index contributed by atoms with van der Waals surface area (Å²) in [6, 6.07) is 23.9. The number of hydrogen-bond acceptors (Lipinski definition) is 3. The van der Waals surface area contributed by atoms with Crippen molar-refractivity contribution in [1.82, 2.24) is 5.01 Å². The van der Waals surface area contributed by atoms with Gasteiger partial charge in [-0.3, -0.25) is 0 Å². The first-order valence-electron chi connectivity index (χ1n) is 8.82. The molecular weight excluding hydrogens is 379 g/mol. The van der Waals surface area contributed by atoms with Crippen LogP contribution in [0, 0.1) is 0 Å². The average Bonchev–Trinajstić information content (AvgIpc) is 3.14. The minimum atomic E-state index is -0.285. The van der Waals surface area contributed by atoms with Crippen molar-refractivity contribution < 1.29 is 4.74 Å². The molecule has 134 valence electrons. The van der Waals surface area contributed by atoms with Crippen LogP contribution >= 0.6 is 23.2 Å². The summed E-state index contributed by atoms with van der Waals surface area (Å²) in [6.45, 7) is 0. The maximum Gasteiger partial charge on any atom is 0.213 e. The summed E-state index contributed by atoms with van der Waals surface area (Å²) in [4.78, 5) is 0. The molecule has 0 aliphatic carbocycles. The highest BCUT2D eigenvalue weighted by atomic mass is 35.5. The van der Waals surface area contributed by atoms with Gasteiger partial charge in [0, 0.05) is 27.6 Å². The van der Waals surface area contributed by atoms with Crippen LogP contribution in [0.3, 0.4) is 0 Å². The Labute approximate surface area is 167 Å². The van der Waals surface area contributed by atoms with Crippen molar-refractivity contribution in [2.75, 3.05) is 0 Å². The Balaban J connectivity index is 1.58. The van der Waals surface area contributed by atoms with E-state index in [0.717, 1.165) is 39.6 Å². The van der Waals surface area contributed by atoms with Crippen molar-refractivity contribution in [3.8, 4) is 5.75 Å². The summed E-state index contributed by atoms with van der Waals surface area (Å²) in [5, 5.41) is 8.43. The minimum Gasteiger partial charge on any atom is -0.464 e. The molecule has 2 unspecified atom stereocenters. The molecule has 0 aromatic heterocycles. The summed E-state index contributed by atoms with van der Waals surface area (Å²) >= 11 is 12.1. The topological polar surface area (TPSA) is 24.8 Å². The Bertz CT molecular complexity index is 1020. The molecule has 2 aliphatic heterocycles. The number of rotatable bonds is 2. The lowest BCUT2D eigenvalue weighted by Gasteiger charge is -2.38. The standard InChI is InChI=1S/C22H16Cl2N2O/c23-16-9-5-14(6-10-16)19-13-20-18-3-1-2-4-21(18)27-22(26(20)25-19)15-7-11-17(24)12-8-15/h1-12,20,22H,13H2. The van der Waals surface area contributed by atoms with Gasteiger partial charge in [-0.15, -0.1) is 0 Å². The number of halogens is 2. The molecule has 0 bridgehead atoms. The molecule has 0 amide bonds. The molecule has 0 N–H and O–H groups in total. The fourth-order valence-corrected chi connectivity index (χ4v) is 3.95. The van der Waals surface area contributed by atoms with E-state index in [2.05, 4.69) is 11.1 Å². The monoisotopic (exact) mass is 394 g/mol. The van der Waals surface area contributed by atoms with Gasteiger partial charge in [-0.2, -0.15) is 5.10 Å². The third kappa shape index (κ3) is 2.97. The predicted octanol–water partition coefficient (Wildman–Crippen LogP) is 6.24. The lowest BCUT2D eigenvalue weighted by Crippen LogP contribution is -2.33. The SMILES string of the molecule is Clc1ccc(C2=NN3C(C2)c2ccccc2OC3c2ccc(Cl)cc2)cc1. The lowest BCUT2D eigenvalue weighted by molar-refractivity contribution is -0.0190. The molecule has 5 heteroatoms. The highest BCUT2D eigenvalue weighted by molar-refractivity contribution is 6.30. The predicted molar refractivity (Wildman–Crippen MR) is 108 cm³/mol. The maximum absolute atomic E-state index is 6.33. The molecule has 3 nitrogen and oxygen atoms in total. The quantitative estimate of drug-likeness (QED) is 0.513. The number of fused-ring (bicyclic) bond motifs is 3. The van der Waals surface area contributed by atoms with Crippen molar-refractivity contribution >= 4 is 28.9 Å². The van der Waals surface area contributed by atoms with Gasteiger partial charge in [0.2, 0.25) is 6.23 Å². The van der Waals surface area contributed by atoms with Crippen LogP contribution in [-0.2, 0) is 0 Å². The van der Waals surface area contributed by atoms with Crippen molar-refractivity contribution in [3.63, 3.8) is 0 Å². The fourth-order valence-electron chi connectivity index (χ4n) is 3.70. The molecule has 2 heterocycles. The number of benzene rings is 3. The summed E-state index contributed by atoms with van der Waals surface area (Å²) in [5.41, 5.74) is 4.31. The molecule has 3 aromatic carbocycles. The molecule has 5 rings (SSSR count). The highest BCUT2D eigenvalue weighted by Gasteiger charge is 2.40. The third-order valence-electron chi connectivity index (χ3n) is 5.03. The molecular formula is C22H16Cl2N2O. The van der Waals surface area contributed by atoms with Crippen molar-refractivity contribution in [3.05, 3.63) is 99.5 Å². The Kier molecular flexibility index (Phi) is 4.07.